The van der Waals surface area contributed by atoms with Crippen LogP contribution in [-0.4, -0.2) is 18.0 Å². The fraction of sp³-hybridized carbons (Fsp3) is 0.682. The molecule has 4 aliphatic rings. The van der Waals surface area contributed by atoms with E-state index in [-0.39, 0.29) is 16.9 Å². The van der Waals surface area contributed by atoms with Gasteiger partial charge in [-0.25, -0.2) is 0 Å². The number of anilines is 1. The number of hydrogen-bond donors (Lipinski definition) is 2. The van der Waals surface area contributed by atoms with E-state index in [0.29, 0.717) is 6.54 Å². The topological polar surface area (TPSA) is 41.1 Å². The van der Waals surface area contributed by atoms with Crippen LogP contribution in [0.1, 0.15) is 64.9 Å². The number of rotatable bonds is 4. The van der Waals surface area contributed by atoms with Gasteiger partial charge in [0.2, 0.25) is 5.91 Å². The van der Waals surface area contributed by atoms with Crippen molar-refractivity contribution in [3.63, 3.8) is 0 Å². The lowest BCUT2D eigenvalue weighted by atomic mass is 9.53. The number of carbonyl (C=O) groups is 1. The molecular formula is C22H32N2O. The quantitative estimate of drug-likeness (QED) is 0.848. The second-order valence-electron chi connectivity index (χ2n) is 9.93. The van der Waals surface area contributed by atoms with E-state index in [2.05, 4.69) is 43.5 Å². The molecule has 0 heterocycles. The summed E-state index contributed by atoms with van der Waals surface area (Å²) in [6.07, 6.45) is 8.17. The van der Waals surface area contributed by atoms with Crippen molar-refractivity contribution in [1.29, 1.82) is 0 Å². The molecule has 0 unspecified atom stereocenters. The molecule has 4 fully saturated rings. The van der Waals surface area contributed by atoms with E-state index in [1.165, 1.54) is 44.1 Å². The minimum Gasteiger partial charge on any atom is -0.325 e. The van der Waals surface area contributed by atoms with Gasteiger partial charge in [-0.05, 0) is 79.4 Å². The SMILES string of the molecule is CC(C)(C)c1ccc(NC(=O)CNC23CC4CC(CC(C4)C2)C3)cc1. The minimum absolute atomic E-state index is 0.0826. The molecule has 25 heavy (non-hydrogen) atoms. The maximum Gasteiger partial charge on any atom is 0.238 e. The highest BCUT2D eigenvalue weighted by molar-refractivity contribution is 5.92. The molecule has 0 aromatic heterocycles. The van der Waals surface area contributed by atoms with Crippen LogP contribution in [0.25, 0.3) is 0 Å². The molecule has 3 nitrogen and oxygen atoms in total. The van der Waals surface area contributed by atoms with Crippen molar-refractivity contribution in [1.82, 2.24) is 5.32 Å². The average molecular weight is 341 g/mol. The maximum absolute atomic E-state index is 12.4. The van der Waals surface area contributed by atoms with E-state index in [9.17, 15) is 4.79 Å². The summed E-state index contributed by atoms with van der Waals surface area (Å²) in [7, 11) is 0. The van der Waals surface area contributed by atoms with Crippen LogP contribution in [0.2, 0.25) is 0 Å². The van der Waals surface area contributed by atoms with Crippen LogP contribution in [0, 0.1) is 17.8 Å². The number of amides is 1. The Morgan fingerprint density at radius 3 is 2.00 bits per heavy atom. The van der Waals surface area contributed by atoms with E-state index in [4.69, 9.17) is 0 Å². The Labute approximate surface area is 152 Å². The van der Waals surface area contributed by atoms with Gasteiger partial charge < -0.3 is 10.6 Å². The molecule has 4 saturated carbocycles. The molecule has 0 spiro atoms. The molecule has 1 aromatic rings. The van der Waals surface area contributed by atoms with E-state index < -0.39 is 0 Å². The number of carbonyl (C=O) groups excluding carboxylic acids is 1. The van der Waals surface area contributed by atoms with Crippen LogP contribution >= 0.6 is 0 Å². The second-order valence-corrected chi connectivity index (χ2v) is 9.93. The van der Waals surface area contributed by atoms with Gasteiger partial charge in [0.15, 0.2) is 0 Å². The largest absolute Gasteiger partial charge is 0.325 e. The van der Waals surface area contributed by atoms with Crippen LogP contribution in [0.3, 0.4) is 0 Å². The standard InChI is InChI=1S/C22H32N2O/c1-21(2,3)18-4-6-19(7-5-18)24-20(25)14-23-22-11-15-8-16(12-22)10-17(9-15)13-22/h4-7,15-17,23H,8-14H2,1-3H3,(H,24,25). The van der Waals surface area contributed by atoms with Crippen molar-refractivity contribution in [2.45, 2.75) is 70.3 Å². The molecule has 4 aliphatic carbocycles. The van der Waals surface area contributed by atoms with Crippen LogP contribution in [-0.2, 0) is 10.2 Å². The van der Waals surface area contributed by atoms with Gasteiger partial charge in [-0.1, -0.05) is 32.9 Å². The number of benzene rings is 1. The van der Waals surface area contributed by atoms with Crippen molar-refractivity contribution in [3.05, 3.63) is 29.8 Å². The summed E-state index contributed by atoms with van der Waals surface area (Å²) in [5, 5.41) is 6.72. The number of hydrogen-bond acceptors (Lipinski definition) is 2. The van der Waals surface area contributed by atoms with Crippen molar-refractivity contribution in [3.8, 4) is 0 Å². The van der Waals surface area contributed by atoms with Crippen LogP contribution in [0.5, 0.6) is 0 Å². The highest BCUT2D eigenvalue weighted by Crippen LogP contribution is 2.55. The zero-order valence-electron chi connectivity index (χ0n) is 15.9. The van der Waals surface area contributed by atoms with E-state index in [1.54, 1.807) is 0 Å². The van der Waals surface area contributed by atoms with Gasteiger partial charge in [0.05, 0.1) is 6.54 Å². The molecule has 0 saturated heterocycles. The molecular weight excluding hydrogens is 308 g/mol. The van der Waals surface area contributed by atoms with Crippen LogP contribution in [0.15, 0.2) is 24.3 Å². The Hall–Kier alpha value is -1.35. The summed E-state index contributed by atoms with van der Waals surface area (Å²) >= 11 is 0. The van der Waals surface area contributed by atoms with Gasteiger partial charge >= 0.3 is 0 Å². The van der Waals surface area contributed by atoms with Gasteiger partial charge in [-0.3, -0.25) is 4.79 Å². The smallest absolute Gasteiger partial charge is 0.238 e. The van der Waals surface area contributed by atoms with Gasteiger partial charge in [0, 0.05) is 11.2 Å². The first-order valence-electron chi connectivity index (χ1n) is 9.97. The van der Waals surface area contributed by atoms with Crippen molar-refractivity contribution in [2.24, 2.45) is 17.8 Å². The predicted molar refractivity (Wildman–Crippen MR) is 103 cm³/mol. The molecule has 0 atom stereocenters. The molecule has 0 radical (unpaired) electrons. The van der Waals surface area contributed by atoms with E-state index >= 15 is 0 Å². The van der Waals surface area contributed by atoms with Gasteiger partial charge in [0.1, 0.15) is 0 Å². The third-order valence-electron chi connectivity index (χ3n) is 6.70. The lowest BCUT2D eigenvalue weighted by molar-refractivity contribution is -0.116. The maximum atomic E-state index is 12.4. The zero-order valence-corrected chi connectivity index (χ0v) is 15.9. The lowest BCUT2D eigenvalue weighted by Gasteiger charge is -2.57. The first-order valence-corrected chi connectivity index (χ1v) is 9.97. The van der Waals surface area contributed by atoms with Gasteiger partial charge in [-0.2, -0.15) is 0 Å². The van der Waals surface area contributed by atoms with Crippen LogP contribution < -0.4 is 10.6 Å². The lowest BCUT2D eigenvalue weighted by Crippen LogP contribution is -2.59. The van der Waals surface area contributed by atoms with Crippen molar-refractivity contribution >= 4 is 11.6 Å². The summed E-state index contributed by atoms with van der Waals surface area (Å²) < 4.78 is 0. The first kappa shape index (κ1) is 17.1. The van der Waals surface area contributed by atoms with Gasteiger partial charge in [-0.15, -0.1) is 0 Å². The average Bonchev–Trinajstić information content (AvgIpc) is 2.51. The Kier molecular flexibility index (Phi) is 4.18. The highest BCUT2D eigenvalue weighted by Gasteiger charge is 2.50. The van der Waals surface area contributed by atoms with Crippen molar-refractivity contribution < 1.29 is 4.79 Å². The summed E-state index contributed by atoms with van der Waals surface area (Å²) in [5.41, 5.74) is 2.58. The zero-order chi connectivity index (χ0) is 17.7. The Bertz CT molecular complexity index is 606. The predicted octanol–water partition coefficient (Wildman–Crippen LogP) is 4.48. The van der Waals surface area contributed by atoms with Crippen LogP contribution in [0.4, 0.5) is 5.69 Å². The van der Waals surface area contributed by atoms with E-state index in [1.807, 2.05) is 12.1 Å². The summed E-state index contributed by atoms with van der Waals surface area (Å²) in [4.78, 5) is 12.4. The third-order valence-corrected chi connectivity index (χ3v) is 6.70. The van der Waals surface area contributed by atoms with Crippen molar-refractivity contribution in [2.75, 3.05) is 11.9 Å². The second kappa shape index (κ2) is 6.12. The van der Waals surface area contributed by atoms with E-state index in [0.717, 1.165) is 23.4 Å². The highest BCUT2D eigenvalue weighted by atomic mass is 16.1. The summed E-state index contributed by atoms with van der Waals surface area (Å²) in [6.45, 7) is 7.05. The molecule has 136 valence electrons. The summed E-state index contributed by atoms with van der Waals surface area (Å²) in [5.74, 6) is 2.81. The normalized spacial score (nSPS) is 33.5. The molecule has 4 bridgehead atoms. The summed E-state index contributed by atoms with van der Waals surface area (Å²) in [6, 6.07) is 8.26. The Morgan fingerprint density at radius 2 is 1.52 bits per heavy atom. The Balaban J connectivity index is 1.32. The fourth-order valence-electron chi connectivity index (χ4n) is 5.85. The first-order chi connectivity index (χ1) is 11.8. The Morgan fingerprint density at radius 1 is 1.00 bits per heavy atom. The fourth-order valence-corrected chi connectivity index (χ4v) is 5.85. The molecule has 3 heteroatoms. The number of nitrogens with one attached hydrogen (secondary N) is 2. The van der Waals surface area contributed by atoms with Gasteiger partial charge in [0.25, 0.3) is 0 Å². The molecule has 2 N–H and O–H groups in total. The third kappa shape index (κ3) is 3.62. The minimum atomic E-state index is 0.0826. The molecule has 1 aromatic carbocycles. The molecule has 0 aliphatic heterocycles. The monoisotopic (exact) mass is 340 g/mol. The molecule has 1 amide bonds. The molecule has 5 rings (SSSR count).